The minimum absolute atomic E-state index is 0.103. The van der Waals surface area contributed by atoms with Crippen molar-refractivity contribution in [3.63, 3.8) is 0 Å². The lowest BCUT2D eigenvalue weighted by atomic mass is 10.4. The summed E-state index contributed by atoms with van der Waals surface area (Å²) in [5, 5.41) is 4.16. The van der Waals surface area contributed by atoms with Crippen LogP contribution in [0.25, 0.3) is 5.65 Å². The summed E-state index contributed by atoms with van der Waals surface area (Å²) in [5.74, 6) is 0. The van der Waals surface area contributed by atoms with Crippen molar-refractivity contribution in [2.24, 2.45) is 5.73 Å². The number of aromatic nitrogens is 3. The number of rotatable bonds is 3. The van der Waals surface area contributed by atoms with E-state index >= 15 is 0 Å². The Morgan fingerprint density at radius 3 is 3.00 bits per heavy atom. The van der Waals surface area contributed by atoms with Gasteiger partial charge < -0.3 is 5.73 Å². The molecule has 14 heavy (non-hydrogen) atoms. The topological polar surface area (TPSA) is 65.3 Å². The first-order valence-corrected chi connectivity index (χ1v) is 4.57. The predicted molar refractivity (Wildman–Crippen MR) is 53.1 cm³/mol. The van der Waals surface area contributed by atoms with Gasteiger partial charge in [0.15, 0.2) is 5.65 Å². The molecule has 5 heteroatoms. The summed E-state index contributed by atoms with van der Waals surface area (Å²) < 4.78 is 2.97. The van der Waals surface area contributed by atoms with Gasteiger partial charge in [0.2, 0.25) is 0 Å². The van der Waals surface area contributed by atoms with Gasteiger partial charge in [-0.25, -0.2) is 9.48 Å². The van der Waals surface area contributed by atoms with Crippen LogP contribution in [-0.4, -0.2) is 20.7 Å². The van der Waals surface area contributed by atoms with Crippen LogP contribution in [0, 0.1) is 0 Å². The van der Waals surface area contributed by atoms with E-state index in [4.69, 9.17) is 5.73 Å². The van der Waals surface area contributed by atoms with Gasteiger partial charge in [0.25, 0.3) is 0 Å². The number of hydrogen-bond donors (Lipinski definition) is 1. The van der Waals surface area contributed by atoms with Crippen LogP contribution in [-0.2, 0) is 6.54 Å². The highest BCUT2D eigenvalue weighted by Crippen LogP contribution is 1.95. The fraction of sp³-hybridized carbons (Fsp3) is 0.333. The Bertz CT molecular complexity index is 485. The normalized spacial score (nSPS) is 10.9. The molecule has 0 aliphatic rings. The standard InChI is InChI=1S/C9H12N4O/c10-5-3-7-13-9(14)12-6-2-1-4-8(12)11-13/h1-2,4,6H,3,5,7,10H2. The lowest BCUT2D eigenvalue weighted by Crippen LogP contribution is -2.22. The molecule has 0 spiro atoms. The summed E-state index contributed by atoms with van der Waals surface area (Å²) in [4.78, 5) is 11.7. The second-order valence-corrected chi connectivity index (χ2v) is 3.08. The Morgan fingerprint density at radius 1 is 1.43 bits per heavy atom. The molecule has 0 fully saturated rings. The second-order valence-electron chi connectivity index (χ2n) is 3.08. The third-order valence-electron chi connectivity index (χ3n) is 2.06. The fourth-order valence-corrected chi connectivity index (χ4v) is 1.35. The third kappa shape index (κ3) is 1.42. The minimum atomic E-state index is -0.103. The van der Waals surface area contributed by atoms with Crippen molar-refractivity contribution in [3.05, 3.63) is 34.9 Å². The number of nitrogens with zero attached hydrogens (tertiary/aromatic N) is 3. The molecular formula is C9H12N4O. The minimum Gasteiger partial charge on any atom is -0.330 e. The first-order chi connectivity index (χ1) is 6.83. The number of fused-ring (bicyclic) bond motifs is 1. The van der Waals surface area contributed by atoms with Crippen LogP contribution in [0.5, 0.6) is 0 Å². The van der Waals surface area contributed by atoms with Gasteiger partial charge in [0, 0.05) is 12.7 Å². The maximum Gasteiger partial charge on any atom is 0.350 e. The van der Waals surface area contributed by atoms with Gasteiger partial charge in [-0.3, -0.25) is 4.40 Å². The van der Waals surface area contributed by atoms with Crippen molar-refractivity contribution in [1.29, 1.82) is 0 Å². The van der Waals surface area contributed by atoms with Crippen molar-refractivity contribution >= 4 is 5.65 Å². The van der Waals surface area contributed by atoms with E-state index < -0.39 is 0 Å². The van der Waals surface area contributed by atoms with E-state index in [9.17, 15) is 4.79 Å². The number of nitrogens with two attached hydrogens (primary N) is 1. The summed E-state index contributed by atoms with van der Waals surface area (Å²) >= 11 is 0. The average Bonchev–Trinajstić information content (AvgIpc) is 2.54. The molecule has 0 aliphatic heterocycles. The molecule has 2 heterocycles. The molecule has 0 aliphatic carbocycles. The Balaban J connectivity index is 2.47. The molecule has 0 aromatic carbocycles. The molecule has 0 saturated carbocycles. The van der Waals surface area contributed by atoms with Crippen LogP contribution in [0.1, 0.15) is 6.42 Å². The first kappa shape index (κ1) is 8.96. The summed E-state index contributed by atoms with van der Waals surface area (Å²) in [7, 11) is 0. The molecule has 0 saturated heterocycles. The van der Waals surface area contributed by atoms with Crippen LogP contribution in [0.15, 0.2) is 29.2 Å². The van der Waals surface area contributed by atoms with Crippen molar-refractivity contribution in [2.45, 2.75) is 13.0 Å². The molecule has 2 aromatic rings. The highest BCUT2D eigenvalue weighted by atomic mass is 16.2. The zero-order valence-corrected chi connectivity index (χ0v) is 7.76. The van der Waals surface area contributed by atoms with Crippen molar-refractivity contribution in [3.8, 4) is 0 Å². The first-order valence-electron chi connectivity index (χ1n) is 4.57. The van der Waals surface area contributed by atoms with E-state index in [0.29, 0.717) is 18.7 Å². The van der Waals surface area contributed by atoms with Crippen molar-refractivity contribution < 1.29 is 0 Å². The van der Waals surface area contributed by atoms with Crippen LogP contribution < -0.4 is 11.4 Å². The SMILES string of the molecule is NCCCn1nc2ccccn2c1=O. The molecule has 0 radical (unpaired) electrons. The molecule has 0 bridgehead atoms. The van der Waals surface area contributed by atoms with E-state index in [1.54, 1.807) is 12.3 Å². The highest BCUT2D eigenvalue weighted by molar-refractivity contribution is 5.35. The van der Waals surface area contributed by atoms with Gasteiger partial charge in [-0.15, -0.1) is 5.10 Å². The molecule has 5 nitrogen and oxygen atoms in total. The predicted octanol–water partition coefficient (Wildman–Crippen LogP) is -0.155. The van der Waals surface area contributed by atoms with E-state index in [0.717, 1.165) is 6.42 Å². The Hall–Kier alpha value is -1.62. The highest BCUT2D eigenvalue weighted by Gasteiger charge is 2.03. The summed E-state index contributed by atoms with van der Waals surface area (Å²) in [6.07, 6.45) is 2.48. The number of pyridine rings is 1. The monoisotopic (exact) mass is 192 g/mol. The average molecular weight is 192 g/mol. The molecule has 2 rings (SSSR count). The second kappa shape index (κ2) is 3.63. The molecule has 0 atom stereocenters. The van der Waals surface area contributed by atoms with Crippen LogP contribution in [0.2, 0.25) is 0 Å². The lowest BCUT2D eigenvalue weighted by Gasteiger charge is -1.94. The molecule has 2 N–H and O–H groups in total. The maximum atomic E-state index is 11.7. The van der Waals surface area contributed by atoms with Gasteiger partial charge >= 0.3 is 5.69 Å². The number of hydrogen-bond acceptors (Lipinski definition) is 3. The van der Waals surface area contributed by atoms with Crippen molar-refractivity contribution in [2.75, 3.05) is 6.54 Å². The molecular weight excluding hydrogens is 180 g/mol. The molecule has 2 aromatic heterocycles. The van der Waals surface area contributed by atoms with Crippen LogP contribution in [0.4, 0.5) is 0 Å². The maximum absolute atomic E-state index is 11.7. The zero-order valence-electron chi connectivity index (χ0n) is 7.76. The van der Waals surface area contributed by atoms with E-state index in [-0.39, 0.29) is 5.69 Å². The lowest BCUT2D eigenvalue weighted by molar-refractivity contribution is 0.566. The van der Waals surface area contributed by atoms with E-state index in [2.05, 4.69) is 5.10 Å². The van der Waals surface area contributed by atoms with Gasteiger partial charge in [0.1, 0.15) is 0 Å². The molecule has 74 valence electrons. The number of aryl methyl sites for hydroxylation is 1. The van der Waals surface area contributed by atoms with E-state index in [1.807, 2.05) is 12.1 Å². The van der Waals surface area contributed by atoms with Crippen LogP contribution in [0.3, 0.4) is 0 Å². The van der Waals surface area contributed by atoms with Gasteiger partial charge in [-0.1, -0.05) is 6.07 Å². The quantitative estimate of drug-likeness (QED) is 0.735. The Kier molecular flexibility index (Phi) is 2.32. The third-order valence-corrected chi connectivity index (χ3v) is 2.06. The zero-order chi connectivity index (χ0) is 9.97. The summed E-state index contributed by atoms with van der Waals surface area (Å²) in [6.45, 7) is 1.15. The van der Waals surface area contributed by atoms with Crippen LogP contribution >= 0.6 is 0 Å². The van der Waals surface area contributed by atoms with E-state index in [1.165, 1.54) is 9.08 Å². The largest absolute Gasteiger partial charge is 0.350 e. The Labute approximate surface area is 80.8 Å². The molecule has 0 amide bonds. The van der Waals surface area contributed by atoms with Gasteiger partial charge in [-0.05, 0) is 25.1 Å². The fourth-order valence-electron chi connectivity index (χ4n) is 1.35. The van der Waals surface area contributed by atoms with Gasteiger partial charge in [-0.2, -0.15) is 0 Å². The summed E-state index contributed by atoms with van der Waals surface area (Å²) in [5.41, 5.74) is 5.94. The molecule has 0 unspecified atom stereocenters. The Morgan fingerprint density at radius 2 is 2.29 bits per heavy atom. The van der Waals surface area contributed by atoms with Crippen molar-refractivity contribution in [1.82, 2.24) is 14.2 Å². The van der Waals surface area contributed by atoms with Gasteiger partial charge in [0.05, 0.1) is 0 Å². The smallest absolute Gasteiger partial charge is 0.330 e. The summed E-state index contributed by atoms with van der Waals surface area (Å²) in [6, 6.07) is 5.47.